The summed E-state index contributed by atoms with van der Waals surface area (Å²) in [6.45, 7) is 4.19. The molecule has 3 nitrogen and oxygen atoms in total. The van der Waals surface area contributed by atoms with Gasteiger partial charge in [0.15, 0.2) is 0 Å². The Balaban J connectivity index is 2.00. The van der Waals surface area contributed by atoms with Gasteiger partial charge in [0.25, 0.3) is 0 Å². The number of carbonyl (C=O) groups excluding carboxylic acids is 1. The van der Waals surface area contributed by atoms with E-state index in [2.05, 4.69) is 56.3 Å². The Morgan fingerprint density at radius 1 is 0.923 bits per heavy atom. The number of aryl methyl sites for hydroxylation is 3. The third-order valence-corrected chi connectivity index (χ3v) is 4.60. The first-order valence-corrected chi connectivity index (χ1v) is 8.72. The fraction of sp³-hybridized carbons (Fsp3) is 0.174. The summed E-state index contributed by atoms with van der Waals surface area (Å²) in [7, 11) is 0. The van der Waals surface area contributed by atoms with Gasteiger partial charge in [-0.3, -0.25) is 4.79 Å². The Bertz CT molecular complexity index is 960. The van der Waals surface area contributed by atoms with Crippen LogP contribution >= 0.6 is 0 Å². The zero-order valence-corrected chi connectivity index (χ0v) is 15.1. The zero-order chi connectivity index (χ0) is 18.7. The highest BCUT2D eigenvalue weighted by Crippen LogP contribution is 2.32. The number of primary amides is 1. The second-order valence-corrected chi connectivity index (χ2v) is 6.71. The third-order valence-electron chi connectivity index (χ3n) is 4.60. The molecule has 26 heavy (non-hydrogen) atoms. The fourth-order valence-corrected chi connectivity index (χ4v) is 3.29. The van der Waals surface area contributed by atoms with Crippen molar-refractivity contribution in [1.82, 2.24) is 0 Å². The van der Waals surface area contributed by atoms with Gasteiger partial charge in [0.1, 0.15) is 5.75 Å². The van der Waals surface area contributed by atoms with Crippen molar-refractivity contribution in [1.29, 1.82) is 0 Å². The average molecular weight is 345 g/mol. The van der Waals surface area contributed by atoms with Gasteiger partial charge in [0.05, 0.1) is 0 Å². The van der Waals surface area contributed by atoms with Crippen LogP contribution in [0.5, 0.6) is 5.75 Å². The van der Waals surface area contributed by atoms with Gasteiger partial charge in [-0.05, 0) is 65.8 Å². The molecule has 0 unspecified atom stereocenters. The highest BCUT2D eigenvalue weighted by Gasteiger charge is 2.10. The number of hydrogen-bond donors (Lipinski definition) is 2. The van der Waals surface area contributed by atoms with E-state index < -0.39 is 0 Å². The van der Waals surface area contributed by atoms with Crippen LogP contribution in [0, 0.1) is 13.8 Å². The maximum Gasteiger partial charge on any atom is 0.217 e. The summed E-state index contributed by atoms with van der Waals surface area (Å²) >= 11 is 0. The highest BCUT2D eigenvalue weighted by atomic mass is 16.3. The Morgan fingerprint density at radius 2 is 1.65 bits per heavy atom. The number of nitrogens with two attached hydrogens (primary N) is 1. The lowest BCUT2D eigenvalue weighted by Gasteiger charge is -2.13. The van der Waals surface area contributed by atoms with E-state index in [1.807, 2.05) is 6.07 Å². The van der Waals surface area contributed by atoms with Gasteiger partial charge in [-0.15, -0.1) is 0 Å². The number of amides is 1. The maximum absolute atomic E-state index is 11.1. The summed E-state index contributed by atoms with van der Waals surface area (Å²) in [6, 6.07) is 20.1. The molecule has 0 saturated heterocycles. The van der Waals surface area contributed by atoms with Crippen LogP contribution in [-0.4, -0.2) is 11.0 Å². The third kappa shape index (κ3) is 3.94. The Hall–Kier alpha value is -3.07. The van der Waals surface area contributed by atoms with Crippen LogP contribution in [0.15, 0.2) is 60.7 Å². The Morgan fingerprint density at radius 3 is 2.35 bits per heavy atom. The van der Waals surface area contributed by atoms with Crippen molar-refractivity contribution in [2.45, 2.75) is 26.7 Å². The normalized spacial score (nSPS) is 10.7. The van der Waals surface area contributed by atoms with Crippen molar-refractivity contribution >= 4 is 5.91 Å². The zero-order valence-electron chi connectivity index (χ0n) is 15.1. The molecule has 0 aliphatic carbocycles. The van der Waals surface area contributed by atoms with Gasteiger partial charge in [0, 0.05) is 6.42 Å². The molecule has 0 aromatic heterocycles. The SMILES string of the molecule is Cc1cccc(-c2ccc(-c3ccc(O)cc3CCC(N)=O)cc2C)c1. The quantitative estimate of drug-likeness (QED) is 0.700. The molecule has 3 heteroatoms. The number of hydrogen-bond acceptors (Lipinski definition) is 2. The molecule has 3 rings (SSSR count). The molecule has 0 atom stereocenters. The summed E-state index contributed by atoms with van der Waals surface area (Å²) < 4.78 is 0. The van der Waals surface area contributed by atoms with Crippen molar-refractivity contribution in [3.63, 3.8) is 0 Å². The summed E-state index contributed by atoms with van der Waals surface area (Å²) in [5.74, 6) is -0.147. The first-order chi connectivity index (χ1) is 12.4. The van der Waals surface area contributed by atoms with Gasteiger partial charge in [-0.2, -0.15) is 0 Å². The molecule has 0 saturated carbocycles. The fourth-order valence-electron chi connectivity index (χ4n) is 3.29. The van der Waals surface area contributed by atoms with Crippen LogP contribution in [0.25, 0.3) is 22.3 Å². The molecule has 0 bridgehead atoms. The number of rotatable bonds is 5. The van der Waals surface area contributed by atoms with Gasteiger partial charge < -0.3 is 10.8 Å². The van der Waals surface area contributed by atoms with Gasteiger partial charge in [0.2, 0.25) is 5.91 Å². The monoisotopic (exact) mass is 345 g/mol. The summed E-state index contributed by atoms with van der Waals surface area (Å²) in [5.41, 5.74) is 13.1. The molecule has 0 fully saturated rings. The summed E-state index contributed by atoms with van der Waals surface area (Å²) in [5, 5.41) is 9.81. The van der Waals surface area contributed by atoms with E-state index in [0.717, 1.165) is 16.7 Å². The standard InChI is InChI=1S/C23H23NO2/c1-15-4-3-5-17(12-15)21-9-6-18(13-16(21)2)22-10-8-20(25)14-19(22)7-11-23(24)26/h3-6,8-10,12-14,25H,7,11H2,1-2H3,(H2,24,26). The number of phenolic OH excluding ortho intramolecular Hbond substituents is 1. The van der Waals surface area contributed by atoms with E-state index in [0.29, 0.717) is 6.42 Å². The summed E-state index contributed by atoms with van der Waals surface area (Å²) in [4.78, 5) is 11.1. The minimum absolute atomic E-state index is 0.196. The maximum atomic E-state index is 11.1. The van der Waals surface area contributed by atoms with Crippen molar-refractivity contribution in [2.75, 3.05) is 0 Å². The van der Waals surface area contributed by atoms with Gasteiger partial charge in [-0.1, -0.05) is 54.1 Å². The number of aromatic hydroxyl groups is 1. The highest BCUT2D eigenvalue weighted by molar-refractivity contribution is 5.77. The molecule has 3 aromatic carbocycles. The molecule has 0 aliphatic rings. The number of phenols is 1. The van der Waals surface area contributed by atoms with Crippen LogP contribution in [-0.2, 0) is 11.2 Å². The van der Waals surface area contributed by atoms with Gasteiger partial charge in [-0.25, -0.2) is 0 Å². The predicted octanol–water partition coefficient (Wildman–Crippen LogP) is 4.76. The molecular formula is C23H23NO2. The Kier molecular flexibility index (Phi) is 5.08. The summed E-state index contributed by atoms with van der Waals surface area (Å²) in [6.07, 6.45) is 0.772. The van der Waals surface area contributed by atoms with Crippen molar-refractivity contribution in [2.24, 2.45) is 5.73 Å². The average Bonchev–Trinajstić information content (AvgIpc) is 2.60. The van der Waals surface area contributed by atoms with E-state index in [4.69, 9.17) is 5.73 Å². The van der Waals surface area contributed by atoms with Crippen LogP contribution in [0.4, 0.5) is 0 Å². The lowest BCUT2D eigenvalue weighted by Crippen LogP contribution is -2.11. The lowest BCUT2D eigenvalue weighted by atomic mass is 9.92. The van der Waals surface area contributed by atoms with E-state index in [9.17, 15) is 9.90 Å². The second kappa shape index (κ2) is 7.44. The van der Waals surface area contributed by atoms with Crippen molar-refractivity contribution in [3.05, 3.63) is 77.4 Å². The first-order valence-electron chi connectivity index (χ1n) is 8.72. The molecule has 1 amide bonds. The van der Waals surface area contributed by atoms with Crippen molar-refractivity contribution < 1.29 is 9.90 Å². The first kappa shape index (κ1) is 17.7. The second-order valence-electron chi connectivity index (χ2n) is 6.71. The molecular weight excluding hydrogens is 322 g/mol. The topological polar surface area (TPSA) is 63.3 Å². The van der Waals surface area contributed by atoms with Crippen molar-refractivity contribution in [3.8, 4) is 28.0 Å². The number of benzene rings is 3. The largest absolute Gasteiger partial charge is 0.508 e. The van der Waals surface area contributed by atoms with Crippen LogP contribution in [0.2, 0.25) is 0 Å². The molecule has 0 aliphatic heterocycles. The van der Waals surface area contributed by atoms with E-state index in [1.54, 1.807) is 12.1 Å². The van der Waals surface area contributed by atoms with Gasteiger partial charge >= 0.3 is 0 Å². The minimum atomic E-state index is -0.342. The lowest BCUT2D eigenvalue weighted by molar-refractivity contribution is -0.117. The molecule has 0 radical (unpaired) electrons. The number of carbonyl (C=O) groups is 1. The molecule has 0 heterocycles. The van der Waals surface area contributed by atoms with Crippen LogP contribution in [0.1, 0.15) is 23.1 Å². The molecule has 0 spiro atoms. The molecule has 3 aromatic rings. The molecule has 132 valence electrons. The minimum Gasteiger partial charge on any atom is -0.508 e. The van der Waals surface area contributed by atoms with Crippen LogP contribution < -0.4 is 5.73 Å². The van der Waals surface area contributed by atoms with E-state index >= 15 is 0 Å². The van der Waals surface area contributed by atoms with Crippen LogP contribution in [0.3, 0.4) is 0 Å². The van der Waals surface area contributed by atoms with E-state index in [-0.39, 0.29) is 18.1 Å². The smallest absolute Gasteiger partial charge is 0.217 e. The predicted molar refractivity (Wildman–Crippen MR) is 106 cm³/mol. The Labute approximate surface area is 154 Å². The molecule has 3 N–H and O–H groups in total. The van der Waals surface area contributed by atoms with E-state index in [1.165, 1.54) is 22.3 Å².